The van der Waals surface area contributed by atoms with Crippen LogP contribution in [0, 0.1) is 0 Å². The first kappa shape index (κ1) is 15.0. The first-order chi connectivity index (χ1) is 8.77. The van der Waals surface area contributed by atoms with E-state index in [9.17, 15) is 0 Å². The average molecular weight is 251 g/mol. The molecule has 1 aromatic carbocycles. The average Bonchev–Trinajstić information content (AvgIpc) is 2.38. The van der Waals surface area contributed by atoms with Crippen molar-refractivity contribution >= 4 is 0 Å². The second kappa shape index (κ2) is 8.95. The van der Waals surface area contributed by atoms with Gasteiger partial charge in [0.1, 0.15) is 12.4 Å². The molecule has 0 aliphatic rings. The number of ether oxygens (including phenoxy) is 2. The van der Waals surface area contributed by atoms with Crippen LogP contribution in [0.4, 0.5) is 0 Å². The molecule has 0 spiro atoms. The highest BCUT2D eigenvalue weighted by Crippen LogP contribution is 2.20. The van der Waals surface area contributed by atoms with Crippen LogP contribution in [0.5, 0.6) is 5.75 Å². The van der Waals surface area contributed by atoms with Gasteiger partial charge >= 0.3 is 0 Å². The largest absolute Gasteiger partial charge is 0.491 e. The predicted molar refractivity (Wildman–Crippen MR) is 75.3 cm³/mol. The molecule has 0 aromatic heterocycles. The van der Waals surface area contributed by atoms with Gasteiger partial charge in [-0.1, -0.05) is 25.1 Å². The summed E-state index contributed by atoms with van der Waals surface area (Å²) in [5.41, 5.74) is 1.28. The van der Waals surface area contributed by atoms with Gasteiger partial charge in [-0.05, 0) is 37.9 Å². The summed E-state index contributed by atoms with van der Waals surface area (Å²) in [6.07, 6.45) is 2.16. The number of hydrogen-bond donors (Lipinski definition) is 1. The normalized spacial score (nSPS) is 12.4. The maximum atomic E-state index is 5.72. The van der Waals surface area contributed by atoms with Gasteiger partial charge in [-0.25, -0.2) is 0 Å². The number of benzene rings is 1. The van der Waals surface area contributed by atoms with Crippen LogP contribution in [-0.2, 0) is 11.2 Å². The van der Waals surface area contributed by atoms with E-state index in [0.29, 0.717) is 19.3 Å². The van der Waals surface area contributed by atoms with Crippen molar-refractivity contribution in [2.45, 2.75) is 32.7 Å². The molecule has 0 heterocycles. The van der Waals surface area contributed by atoms with Crippen LogP contribution in [0.1, 0.15) is 25.8 Å². The zero-order chi connectivity index (χ0) is 13.2. The number of aryl methyl sites for hydroxylation is 1. The van der Waals surface area contributed by atoms with Gasteiger partial charge in [0.2, 0.25) is 0 Å². The van der Waals surface area contributed by atoms with E-state index in [2.05, 4.69) is 31.3 Å². The number of para-hydroxylation sites is 1. The SMILES string of the molecule is CCNC(C)CCc1ccccc1OCCOC. The third-order valence-corrected chi connectivity index (χ3v) is 2.92. The van der Waals surface area contributed by atoms with E-state index in [1.54, 1.807) is 7.11 Å². The minimum absolute atomic E-state index is 0.544. The maximum absolute atomic E-state index is 5.72. The Morgan fingerprint density at radius 2 is 2.00 bits per heavy atom. The highest BCUT2D eigenvalue weighted by atomic mass is 16.5. The second-order valence-corrected chi connectivity index (χ2v) is 4.45. The molecule has 18 heavy (non-hydrogen) atoms. The Morgan fingerprint density at radius 1 is 1.22 bits per heavy atom. The van der Waals surface area contributed by atoms with Gasteiger partial charge in [0.05, 0.1) is 6.61 Å². The van der Waals surface area contributed by atoms with Crippen LogP contribution in [0.2, 0.25) is 0 Å². The van der Waals surface area contributed by atoms with E-state index in [0.717, 1.165) is 25.1 Å². The van der Waals surface area contributed by atoms with Crippen LogP contribution in [-0.4, -0.2) is 32.9 Å². The van der Waals surface area contributed by atoms with Crippen LogP contribution in [0.25, 0.3) is 0 Å². The van der Waals surface area contributed by atoms with Crippen LogP contribution < -0.4 is 10.1 Å². The molecule has 3 nitrogen and oxygen atoms in total. The fraction of sp³-hybridized carbons (Fsp3) is 0.600. The number of nitrogens with one attached hydrogen (secondary N) is 1. The highest BCUT2D eigenvalue weighted by molar-refractivity contribution is 5.33. The lowest BCUT2D eigenvalue weighted by atomic mass is 10.1. The smallest absolute Gasteiger partial charge is 0.122 e. The van der Waals surface area contributed by atoms with Gasteiger partial charge < -0.3 is 14.8 Å². The van der Waals surface area contributed by atoms with Crippen LogP contribution in [0.3, 0.4) is 0 Å². The molecule has 0 amide bonds. The van der Waals surface area contributed by atoms with Crippen molar-refractivity contribution in [2.24, 2.45) is 0 Å². The summed E-state index contributed by atoms with van der Waals surface area (Å²) in [4.78, 5) is 0. The molecule has 1 atom stereocenters. The molecule has 102 valence electrons. The number of hydrogen-bond acceptors (Lipinski definition) is 3. The molecular formula is C15H25NO2. The maximum Gasteiger partial charge on any atom is 0.122 e. The van der Waals surface area contributed by atoms with Crippen LogP contribution in [0.15, 0.2) is 24.3 Å². The van der Waals surface area contributed by atoms with E-state index >= 15 is 0 Å². The Bertz CT molecular complexity index is 328. The van der Waals surface area contributed by atoms with Crippen molar-refractivity contribution in [1.29, 1.82) is 0 Å². The van der Waals surface area contributed by atoms with E-state index in [1.807, 2.05) is 12.1 Å². The molecule has 0 aliphatic heterocycles. The standard InChI is InChI=1S/C15H25NO2/c1-4-16-13(2)9-10-14-7-5-6-8-15(14)18-12-11-17-3/h5-8,13,16H,4,9-12H2,1-3H3. The van der Waals surface area contributed by atoms with Crippen molar-refractivity contribution in [3.63, 3.8) is 0 Å². The molecule has 0 aliphatic carbocycles. The Balaban J connectivity index is 2.48. The molecule has 0 fully saturated rings. The van der Waals surface area contributed by atoms with Crippen LogP contribution >= 0.6 is 0 Å². The Kier molecular flexibility index (Phi) is 7.46. The molecule has 1 aromatic rings. The molecule has 0 saturated heterocycles. The summed E-state index contributed by atoms with van der Waals surface area (Å²) in [7, 11) is 1.69. The van der Waals surface area contributed by atoms with Gasteiger partial charge in [0.25, 0.3) is 0 Å². The van der Waals surface area contributed by atoms with E-state index in [4.69, 9.17) is 9.47 Å². The molecule has 1 unspecified atom stereocenters. The fourth-order valence-corrected chi connectivity index (χ4v) is 1.91. The summed E-state index contributed by atoms with van der Waals surface area (Å²) < 4.78 is 10.7. The summed E-state index contributed by atoms with van der Waals surface area (Å²) in [5, 5.41) is 3.43. The third kappa shape index (κ3) is 5.52. The lowest BCUT2D eigenvalue weighted by molar-refractivity contribution is 0.145. The molecule has 0 radical (unpaired) electrons. The number of rotatable bonds is 9. The minimum atomic E-state index is 0.544. The van der Waals surface area contributed by atoms with Crippen molar-refractivity contribution in [3.8, 4) is 5.75 Å². The first-order valence-electron chi connectivity index (χ1n) is 6.71. The second-order valence-electron chi connectivity index (χ2n) is 4.45. The summed E-state index contributed by atoms with van der Waals surface area (Å²) in [6, 6.07) is 8.79. The van der Waals surface area contributed by atoms with E-state index in [-0.39, 0.29) is 0 Å². The predicted octanol–water partition coefficient (Wildman–Crippen LogP) is 2.64. The first-order valence-corrected chi connectivity index (χ1v) is 6.71. The number of methoxy groups -OCH3 is 1. The van der Waals surface area contributed by atoms with Gasteiger partial charge in [0.15, 0.2) is 0 Å². The van der Waals surface area contributed by atoms with Crippen molar-refractivity contribution in [2.75, 3.05) is 26.9 Å². The summed E-state index contributed by atoms with van der Waals surface area (Å²) in [5.74, 6) is 0.984. The quantitative estimate of drug-likeness (QED) is 0.684. The summed E-state index contributed by atoms with van der Waals surface area (Å²) >= 11 is 0. The molecule has 1 rings (SSSR count). The summed E-state index contributed by atoms with van der Waals surface area (Å²) in [6.45, 7) is 6.61. The third-order valence-electron chi connectivity index (χ3n) is 2.92. The molecular weight excluding hydrogens is 226 g/mol. The monoisotopic (exact) mass is 251 g/mol. The van der Waals surface area contributed by atoms with Gasteiger partial charge in [-0.2, -0.15) is 0 Å². The van der Waals surface area contributed by atoms with Crippen molar-refractivity contribution in [1.82, 2.24) is 5.32 Å². The van der Waals surface area contributed by atoms with E-state index < -0.39 is 0 Å². The minimum Gasteiger partial charge on any atom is -0.491 e. The lowest BCUT2D eigenvalue weighted by Crippen LogP contribution is -2.25. The van der Waals surface area contributed by atoms with Crippen molar-refractivity contribution < 1.29 is 9.47 Å². The van der Waals surface area contributed by atoms with E-state index in [1.165, 1.54) is 5.56 Å². The molecule has 1 N–H and O–H groups in total. The fourth-order valence-electron chi connectivity index (χ4n) is 1.91. The zero-order valence-electron chi connectivity index (χ0n) is 11.7. The Morgan fingerprint density at radius 3 is 2.72 bits per heavy atom. The Labute approximate surface area is 110 Å². The zero-order valence-corrected chi connectivity index (χ0v) is 11.7. The molecule has 3 heteroatoms. The topological polar surface area (TPSA) is 30.5 Å². The van der Waals surface area contributed by atoms with Crippen molar-refractivity contribution in [3.05, 3.63) is 29.8 Å². The lowest BCUT2D eigenvalue weighted by Gasteiger charge is -2.14. The Hall–Kier alpha value is -1.06. The highest BCUT2D eigenvalue weighted by Gasteiger charge is 2.05. The van der Waals surface area contributed by atoms with Gasteiger partial charge in [-0.15, -0.1) is 0 Å². The molecule has 0 bridgehead atoms. The molecule has 0 saturated carbocycles. The van der Waals surface area contributed by atoms with Gasteiger partial charge in [0, 0.05) is 13.2 Å². The van der Waals surface area contributed by atoms with Gasteiger partial charge in [-0.3, -0.25) is 0 Å².